The zero-order chi connectivity index (χ0) is 19.7. The van der Waals surface area contributed by atoms with Crippen LogP contribution in [0, 0.1) is 0 Å². The van der Waals surface area contributed by atoms with E-state index in [4.69, 9.17) is 5.11 Å². The molecule has 2 aromatic heterocycles. The minimum Gasteiger partial charge on any atom is -0.392 e. The van der Waals surface area contributed by atoms with E-state index in [0.717, 1.165) is 38.5 Å². The van der Waals surface area contributed by atoms with Crippen LogP contribution in [0.2, 0.25) is 0 Å². The summed E-state index contributed by atoms with van der Waals surface area (Å²) in [6, 6.07) is 13.4. The SMILES string of the molecule is O=c1[nH]c2ccc(CO)c(-c3ccc(CNC(O)CO)cc3)c2c2ccsc12. The highest BCUT2D eigenvalue weighted by molar-refractivity contribution is 7.17. The first-order valence-corrected chi connectivity index (χ1v) is 9.78. The van der Waals surface area contributed by atoms with E-state index in [1.165, 1.54) is 11.3 Å². The molecule has 0 aliphatic carbocycles. The summed E-state index contributed by atoms with van der Waals surface area (Å²) in [6.07, 6.45) is -0.956. The zero-order valence-electron chi connectivity index (χ0n) is 15.0. The predicted molar refractivity (Wildman–Crippen MR) is 111 cm³/mol. The lowest BCUT2D eigenvalue weighted by molar-refractivity contribution is 0.0666. The molecule has 0 bridgehead atoms. The standard InChI is InChI=1S/C21H20N2O4S/c24-10-14-5-6-16-19(15-7-8-28-20(15)21(27)23-16)18(14)13-3-1-12(2-4-13)9-22-17(26)11-25/h1-8,17,22,24-26H,9-11H2,(H,23,27). The Kier molecular flexibility index (Phi) is 5.25. The van der Waals surface area contributed by atoms with Crippen molar-refractivity contribution in [3.63, 3.8) is 0 Å². The van der Waals surface area contributed by atoms with Crippen LogP contribution in [-0.4, -0.2) is 33.1 Å². The van der Waals surface area contributed by atoms with Crippen molar-refractivity contribution in [1.29, 1.82) is 0 Å². The fourth-order valence-electron chi connectivity index (χ4n) is 3.44. The number of hydrogen-bond donors (Lipinski definition) is 5. The van der Waals surface area contributed by atoms with Crippen LogP contribution in [0.5, 0.6) is 0 Å². The van der Waals surface area contributed by atoms with Gasteiger partial charge in [0, 0.05) is 22.8 Å². The van der Waals surface area contributed by atoms with Gasteiger partial charge in [-0.05, 0) is 39.8 Å². The van der Waals surface area contributed by atoms with Crippen molar-refractivity contribution in [2.75, 3.05) is 6.61 Å². The number of fused-ring (bicyclic) bond motifs is 3. The highest BCUT2D eigenvalue weighted by Gasteiger charge is 2.15. The third-order valence-electron chi connectivity index (χ3n) is 4.81. The highest BCUT2D eigenvalue weighted by atomic mass is 32.1. The second-order valence-corrected chi connectivity index (χ2v) is 7.49. The Morgan fingerprint density at radius 1 is 1.07 bits per heavy atom. The van der Waals surface area contributed by atoms with Crippen LogP contribution in [-0.2, 0) is 13.2 Å². The third kappa shape index (κ3) is 3.34. The number of nitrogens with one attached hydrogen (secondary N) is 2. The minimum absolute atomic E-state index is 0.107. The van der Waals surface area contributed by atoms with E-state index < -0.39 is 6.23 Å². The van der Waals surface area contributed by atoms with Gasteiger partial charge in [0.15, 0.2) is 0 Å². The minimum atomic E-state index is -0.956. The van der Waals surface area contributed by atoms with E-state index in [9.17, 15) is 15.0 Å². The Morgan fingerprint density at radius 2 is 1.86 bits per heavy atom. The smallest absolute Gasteiger partial charge is 0.266 e. The molecule has 0 fully saturated rings. The van der Waals surface area contributed by atoms with Gasteiger partial charge in [0.1, 0.15) is 10.9 Å². The van der Waals surface area contributed by atoms with E-state index >= 15 is 0 Å². The zero-order valence-corrected chi connectivity index (χ0v) is 15.8. The molecule has 6 nitrogen and oxygen atoms in total. The normalized spacial score (nSPS) is 12.7. The summed E-state index contributed by atoms with van der Waals surface area (Å²) in [4.78, 5) is 15.3. The number of aromatic nitrogens is 1. The van der Waals surface area contributed by atoms with E-state index in [-0.39, 0.29) is 18.8 Å². The summed E-state index contributed by atoms with van der Waals surface area (Å²) in [5, 5.41) is 34.7. The van der Waals surface area contributed by atoms with Crippen LogP contribution in [0.3, 0.4) is 0 Å². The number of aliphatic hydroxyl groups excluding tert-OH is 3. The molecule has 0 saturated carbocycles. The number of thiophene rings is 1. The van der Waals surface area contributed by atoms with E-state index in [1.807, 2.05) is 47.8 Å². The summed E-state index contributed by atoms with van der Waals surface area (Å²) >= 11 is 1.40. The molecule has 1 atom stereocenters. The molecule has 28 heavy (non-hydrogen) atoms. The van der Waals surface area contributed by atoms with E-state index in [1.54, 1.807) is 0 Å². The Morgan fingerprint density at radius 3 is 2.57 bits per heavy atom. The van der Waals surface area contributed by atoms with Crippen molar-refractivity contribution in [2.45, 2.75) is 19.4 Å². The van der Waals surface area contributed by atoms with Crippen LogP contribution in [0.25, 0.3) is 32.1 Å². The van der Waals surface area contributed by atoms with Crippen LogP contribution in [0.15, 0.2) is 52.6 Å². The molecule has 5 N–H and O–H groups in total. The van der Waals surface area contributed by atoms with Crippen molar-refractivity contribution in [2.24, 2.45) is 0 Å². The molecule has 1 unspecified atom stereocenters. The summed E-state index contributed by atoms with van der Waals surface area (Å²) in [5.74, 6) is 0. The number of aromatic amines is 1. The van der Waals surface area contributed by atoms with Crippen LogP contribution >= 0.6 is 11.3 Å². The summed E-state index contributed by atoms with van der Waals surface area (Å²) in [7, 11) is 0. The van der Waals surface area contributed by atoms with Gasteiger partial charge in [-0.15, -0.1) is 11.3 Å². The third-order valence-corrected chi connectivity index (χ3v) is 5.72. The van der Waals surface area contributed by atoms with Crippen molar-refractivity contribution >= 4 is 32.3 Å². The molecule has 2 heterocycles. The Bertz CT molecular complexity index is 1180. The topological polar surface area (TPSA) is 106 Å². The van der Waals surface area contributed by atoms with E-state index in [0.29, 0.717) is 11.2 Å². The van der Waals surface area contributed by atoms with Crippen molar-refractivity contribution in [1.82, 2.24) is 10.3 Å². The maximum atomic E-state index is 12.3. The largest absolute Gasteiger partial charge is 0.392 e. The average molecular weight is 396 g/mol. The lowest BCUT2D eigenvalue weighted by Crippen LogP contribution is -2.31. The van der Waals surface area contributed by atoms with Crippen molar-refractivity contribution < 1.29 is 15.3 Å². The first-order chi connectivity index (χ1) is 13.6. The molecule has 0 spiro atoms. The van der Waals surface area contributed by atoms with Gasteiger partial charge in [-0.1, -0.05) is 30.3 Å². The first-order valence-electron chi connectivity index (χ1n) is 8.90. The molecule has 4 aromatic rings. The van der Waals surface area contributed by atoms with Gasteiger partial charge in [-0.25, -0.2) is 0 Å². The molecule has 0 aliphatic heterocycles. The molecule has 7 heteroatoms. The maximum Gasteiger partial charge on any atom is 0.266 e. The second kappa shape index (κ2) is 7.83. The lowest BCUT2D eigenvalue weighted by atomic mass is 9.93. The fraction of sp³-hybridized carbons (Fsp3) is 0.190. The lowest BCUT2D eigenvalue weighted by Gasteiger charge is -2.14. The second-order valence-electron chi connectivity index (χ2n) is 6.57. The van der Waals surface area contributed by atoms with Crippen LogP contribution in [0.4, 0.5) is 0 Å². The number of aliphatic hydroxyl groups is 3. The molecular weight excluding hydrogens is 376 g/mol. The van der Waals surface area contributed by atoms with Gasteiger partial charge in [-0.2, -0.15) is 0 Å². The van der Waals surface area contributed by atoms with Crippen LogP contribution in [0.1, 0.15) is 11.1 Å². The number of pyridine rings is 1. The van der Waals surface area contributed by atoms with Gasteiger partial charge in [0.05, 0.1) is 13.2 Å². The van der Waals surface area contributed by atoms with Gasteiger partial charge < -0.3 is 20.3 Å². The monoisotopic (exact) mass is 396 g/mol. The molecule has 0 aliphatic rings. The number of benzene rings is 2. The Balaban J connectivity index is 1.85. The first kappa shape index (κ1) is 18.8. The van der Waals surface area contributed by atoms with Crippen LogP contribution < -0.4 is 10.9 Å². The van der Waals surface area contributed by atoms with Gasteiger partial charge in [0.2, 0.25) is 0 Å². The summed E-state index contributed by atoms with van der Waals surface area (Å²) in [6.45, 7) is -0.0304. The Labute approximate surface area is 164 Å². The molecule has 0 radical (unpaired) electrons. The van der Waals surface area contributed by atoms with Crippen molar-refractivity contribution in [3.8, 4) is 11.1 Å². The average Bonchev–Trinajstić information content (AvgIpc) is 3.22. The fourth-order valence-corrected chi connectivity index (χ4v) is 4.24. The molecule has 2 aromatic carbocycles. The molecule has 144 valence electrons. The van der Waals surface area contributed by atoms with E-state index in [2.05, 4.69) is 10.3 Å². The van der Waals surface area contributed by atoms with Crippen molar-refractivity contribution in [3.05, 3.63) is 69.3 Å². The van der Waals surface area contributed by atoms with Gasteiger partial charge in [-0.3, -0.25) is 10.1 Å². The van der Waals surface area contributed by atoms with Gasteiger partial charge in [0.25, 0.3) is 5.56 Å². The number of hydrogen-bond acceptors (Lipinski definition) is 6. The molecule has 0 amide bonds. The molecule has 0 saturated heterocycles. The maximum absolute atomic E-state index is 12.3. The molecule has 4 rings (SSSR count). The predicted octanol–water partition coefficient (Wildman–Crippen LogP) is 2.30. The number of H-pyrrole nitrogens is 1. The Hall–Kier alpha value is -2.55. The number of rotatable bonds is 6. The quantitative estimate of drug-likeness (QED) is 0.322. The summed E-state index contributed by atoms with van der Waals surface area (Å²) < 4.78 is 0.669. The summed E-state index contributed by atoms with van der Waals surface area (Å²) in [5.41, 5.74) is 4.20. The molecular formula is C21H20N2O4S. The van der Waals surface area contributed by atoms with Gasteiger partial charge >= 0.3 is 0 Å². The highest BCUT2D eigenvalue weighted by Crippen LogP contribution is 2.36.